The molecule has 41 heavy (non-hydrogen) atoms. The Balaban J connectivity index is 1.67. The van der Waals surface area contributed by atoms with Gasteiger partial charge < -0.3 is 4.42 Å². The average molecular weight is 545 g/mol. The highest BCUT2D eigenvalue weighted by Gasteiger charge is 2.19. The van der Waals surface area contributed by atoms with Gasteiger partial charge in [0, 0.05) is 10.8 Å². The Labute approximate surface area is 270 Å². The normalized spacial score (nSPS) is 20.1. The predicted molar refractivity (Wildman–Crippen MR) is 175 cm³/mol. The van der Waals surface area contributed by atoms with Gasteiger partial charge in [0.25, 0.3) is 0 Å². The van der Waals surface area contributed by atoms with E-state index in [0.29, 0.717) is 0 Å². The quantitative estimate of drug-likeness (QED) is 0.156. The van der Waals surface area contributed by atoms with E-state index in [1.807, 2.05) is 0 Å². The van der Waals surface area contributed by atoms with Crippen LogP contribution in [0, 0.1) is 0 Å². The fraction of sp³-hybridized carbons (Fsp3) is 0. The van der Waals surface area contributed by atoms with E-state index in [4.69, 9.17) is 26.3 Å². The van der Waals surface area contributed by atoms with Gasteiger partial charge in [-0.1, -0.05) is 127 Å². The van der Waals surface area contributed by atoms with Crippen molar-refractivity contribution in [3.63, 3.8) is 0 Å². The molecule has 0 atom stereocenters. The van der Waals surface area contributed by atoms with Gasteiger partial charge in [-0.25, -0.2) is 0 Å². The Bertz CT molecular complexity index is 3740. The highest BCUT2D eigenvalue weighted by atomic mass is 16.3. The molecular formula is C40H24O. The first-order valence-corrected chi connectivity index (χ1v) is 12.2. The van der Waals surface area contributed by atoms with E-state index in [-0.39, 0.29) is 0 Å². The average Bonchev–Trinajstić information content (AvgIpc) is 3.69. The molecule has 1 aromatic heterocycles. The molecule has 0 N–H and O–H groups in total. The highest BCUT2D eigenvalue weighted by Crippen LogP contribution is 2.46. The van der Waals surface area contributed by atoms with Gasteiger partial charge in [0.2, 0.25) is 0 Å². The molecule has 0 unspecified atom stereocenters. The van der Waals surface area contributed by atoms with Gasteiger partial charge in [-0.15, -0.1) is 0 Å². The van der Waals surface area contributed by atoms with Crippen LogP contribution in [-0.4, -0.2) is 0 Å². The van der Waals surface area contributed by atoms with E-state index < -0.39 is 232 Å². The maximum absolute atomic E-state index is 9.62. The topological polar surface area (TPSA) is 13.1 Å². The third-order valence-electron chi connectivity index (χ3n) is 6.89. The molecule has 0 amide bonds. The van der Waals surface area contributed by atoms with Gasteiger partial charge >= 0.3 is 0 Å². The van der Waals surface area contributed by atoms with Gasteiger partial charge in [0.05, 0.1) is 32.9 Å². The highest BCUT2D eigenvalue weighted by molar-refractivity contribution is 6.25. The zero-order valence-electron chi connectivity index (χ0n) is 44.4. The van der Waals surface area contributed by atoms with Crippen molar-refractivity contribution < 1.29 is 37.3 Å². The molecule has 0 radical (unpaired) electrons. The van der Waals surface area contributed by atoms with Crippen molar-refractivity contribution in [1.29, 1.82) is 0 Å². The number of fused-ring (bicyclic) bond motifs is 8. The molecule has 0 aliphatic carbocycles. The van der Waals surface area contributed by atoms with E-state index >= 15 is 0 Å². The second-order valence-electron chi connectivity index (χ2n) is 9.01. The Morgan fingerprint density at radius 1 is 0.366 bits per heavy atom. The Morgan fingerprint density at radius 2 is 0.951 bits per heavy atom. The van der Waals surface area contributed by atoms with Crippen LogP contribution in [0.3, 0.4) is 0 Å². The SMILES string of the molecule is [2H]c1c([2H])c([2H])c2c(oc3c([2H])c([2H])c(-c4c5c([2H])c([2H])c([2H])c([2H])c5c(-c5c([2H])c([2H])c([2H])c6c5c([2H])c([2H])c5c([2H])c([2H])c([2H])c([2H])c56)c5c([2H])c([2H])c([2H])c([2H])c45)c([2H])c32)c1[2H]. The van der Waals surface area contributed by atoms with Crippen molar-refractivity contribution in [2.24, 2.45) is 0 Å². The lowest BCUT2D eigenvalue weighted by atomic mass is 9.84. The molecule has 0 saturated carbocycles. The molecule has 190 valence electrons. The summed E-state index contributed by atoms with van der Waals surface area (Å²) in [6.07, 6.45) is 0. The maximum atomic E-state index is 9.62. The summed E-state index contributed by atoms with van der Waals surface area (Å²) in [4.78, 5) is 0. The summed E-state index contributed by atoms with van der Waals surface area (Å²) in [6.45, 7) is 0. The van der Waals surface area contributed by atoms with Gasteiger partial charge in [-0.05, 0) is 83.5 Å². The van der Waals surface area contributed by atoms with Gasteiger partial charge in [0.1, 0.15) is 11.2 Å². The minimum atomic E-state index is -0.956. The van der Waals surface area contributed by atoms with E-state index in [1.165, 1.54) is 0 Å². The summed E-state index contributed by atoms with van der Waals surface area (Å²) in [5, 5.41) is -5.77. The van der Waals surface area contributed by atoms with Crippen molar-refractivity contribution in [2.45, 2.75) is 0 Å². The summed E-state index contributed by atoms with van der Waals surface area (Å²) >= 11 is 0. The summed E-state index contributed by atoms with van der Waals surface area (Å²) in [7, 11) is 0. The van der Waals surface area contributed by atoms with Crippen molar-refractivity contribution in [2.75, 3.05) is 0 Å². The predicted octanol–water partition coefficient (Wildman–Crippen LogP) is 11.5. The molecule has 1 heteroatoms. The standard InChI is InChI=1S/C40H24O/c1-2-11-27-25(10-1)20-22-29-28(27)17-9-18-31(29)40-34-15-5-3-13-32(34)39(33-14-4-6-16-35(33)40)26-21-23-38-36(24-26)30-12-7-8-19-37(30)41-38/h1-24H/i1D,2D,3D,4D,5D,6D,7D,8D,9D,10D,11D,12D,13D,14D,15D,16D,17D,18D,19D,20D,21D,22D,23D,24D. The Kier molecular flexibility index (Phi) is 1.94. The van der Waals surface area contributed by atoms with Crippen LogP contribution < -0.4 is 0 Å². The third kappa shape index (κ3) is 3.24. The molecule has 9 rings (SSSR count). The lowest BCUT2D eigenvalue weighted by Crippen LogP contribution is -1.91. The fourth-order valence-corrected chi connectivity index (χ4v) is 5.18. The van der Waals surface area contributed by atoms with Gasteiger partial charge in [-0.2, -0.15) is 0 Å². The van der Waals surface area contributed by atoms with Crippen LogP contribution in [0.1, 0.15) is 32.9 Å². The number of hydrogen-bond donors (Lipinski definition) is 0. The molecule has 0 aliphatic heterocycles. The van der Waals surface area contributed by atoms with E-state index in [2.05, 4.69) is 0 Å². The summed E-state index contributed by atoms with van der Waals surface area (Å²) in [5.74, 6) is 0. The first-order chi connectivity index (χ1) is 30.3. The monoisotopic (exact) mass is 544 g/mol. The number of hydrogen-bond acceptors (Lipinski definition) is 1. The van der Waals surface area contributed by atoms with Crippen LogP contribution in [0.15, 0.2) is 149 Å². The second kappa shape index (κ2) is 8.55. The fourth-order valence-electron chi connectivity index (χ4n) is 5.18. The van der Waals surface area contributed by atoms with Crippen LogP contribution >= 0.6 is 0 Å². The summed E-state index contributed by atoms with van der Waals surface area (Å²) in [5.41, 5.74) is -3.75. The van der Waals surface area contributed by atoms with Crippen LogP contribution in [0.5, 0.6) is 0 Å². The molecular weight excluding hydrogens is 496 g/mol. The van der Waals surface area contributed by atoms with E-state index in [0.717, 1.165) is 0 Å². The smallest absolute Gasteiger partial charge is 0.135 e. The molecule has 0 bridgehead atoms. The Hall–Kier alpha value is -5.40. The van der Waals surface area contributed by atoms with Crippen LogP contribution in [-0.2, 0) is 0 Å². The molecule has 0 fully saturated rings. The molecule has 0 saturated heterocycles. The number of para-hydroxylation sites is 1. The zero-order chi connectivity index (χ0) is 47.8. The zero-order valence-corrected chi connectivity index (χ0v) is 20.4. The summed E-state index contributed by atoms with van der Waals surface area (Å²) in [6, 6.07) is -20.6. The third-order valence-corrected chi connectivity index (χ3v) is 6.89. The largest absolute Gasteiger partial charge is 0.456 e. The van der Waals surface area contributed by atoms with Crippen LogP contribution in [0.25, 0.3) is 87.3 Å². The maximum Gasteiger partial charge on any atom is 0.135 e. The van der Waals surface area contributed by atoms with Crippen molar-refractivity contribution in [3.05, 3.63) is 145 Å². The molecule has 1 heterocycles. The lowest BCUT2D eigenvalue weighted by molar-refractivity contribution is 0.669. The number of furan rings is 1. The van der Waals surface area contributed by atoms with E-state index in [1.54, 1.807) is 0 Å². The summed E-state index contributed by atoms with van der Waals surface area (Å²) < 4.78 is 220. The first-order valence-electron chi connectivity index (χ1n) is 24.2. The van der Waals surface area contributed by atoms with Crippen molar-refractivity contribution >= 4 is 65.0 Å². The number of benzene rings is 8. The molecule has 9 aromatic rings. The minimum absolute atomic E-state index is 0.400. The molecule has 8 aromatic carbocycles. The van der Waals surface area contributed by atoms with E-state index in [9.17, 15) is 11.0 Å². The molecule has 1 nitrogen and oxygen atoms in total. The van der Waals surface area contributed by atoms with Crippen molar-refractivity contribution in [3.8, 4) is 22.3 Å². The van der Waals surface area contributed by atoms with Crippen molar-refractivity contribution in [1.82, 2.24) is 0 Å². The minimum Gasteiger partial charge on any atom is -0.456 e. The van der Waals surface area contributed by atoms with Gasteiger partial charge in [0.15, 0.2) is 0 Å². The van der Waals surface area contributed by atoms with Gasteiger partial charge in [-0.3, -0.25) is 0 Å². The lowest BCUT2D eigenvalue weighted by Gasteiger charge is -2.19. The molecule has 0 aliphatic rings. The Morgan fingerprint density at radius 3 is 1.71 bits per heavy atom. The van der Waals surface area contributed by atoms with Crippen LogP contribution in [0.2, 0.25) is 0 Å². The molecule has 0 spiro atoms. The number of rotatable bonds is 2. The second-order valence-corrected chi connectivity index (χ2v) is 9.01. The van der Waals surface area contributed by atoms with Crippen LogP contribution in [0.4, 0.5) is 0 Å². The first kappa shape index (κ1) is 9.33.